The van der Waals surface area contributed by atoms with Crippen LogP contribution >= 0.6 is 0 Å². The number of imidazole rings is 1. The number of pyridine rings is 1. The number of fused-ring (bicyclic) bond motifs is 4. The second kappa shape index (κ2) is 11.6. The topological polar surface area (TPSA) is 27.7 Å². The number of para-hydroxylation sites is 3. The van der Waals surface area contributed by atoms with Crippen LogP contribution in [-0.2, 0) is 21.1 Å². The van der Waals surface area contributed by atoms with Crippen molar-refractivity contribution in [2.24, 2.45) is 0 Å². The first-order valence-corrected chi connectivity index (χ1v) is 18.2. The van der Waals surface area contributed by atoms with E-state index in [1.165, 1.54) is 37.7 Å². The summed E-state index contributed by atoms with van der Waals surface area (Å²) in [4.78, 5) is 4.84. The molecule has 0 atom stereocenters. The van der Waals surface area contributed by atoms with Gasteiger partial charge < -0.3 is 4.57 Å². The molecule has 44 heavy (non-hydrogen) atoms. The van der Waals surface area contributed by atoms with E-state index in [0.717, 1.165) is 22.5 Å². The minimum Gasteiger partial charge on any atom is -0.319 e. The molecule has 0 saturated carbocycles. The van der Waals surface area contributed by atoms with Crippen LogP contribution in [0.15, 0.2) is 104 Å². The monoisotopic (exact) mass is 772 g/mol. The Morgan fingerprint density at radius 3 is 2.18 bits per heavy atom. The van der Waals surface area contributed by atoms with Gasteiger partial charge in [0.1, 0.15) is 5.82 Å². The van der Waals surface area contributed by atoms with Crippen LogP contribution in [0.4, 0.5) is 0 Å². The van der Waals surface area contributed by atoms with E-state index in [1.807, 2.05) is 6.20 Å². The molecule has 0 spiro atoms. The Morgan fingerprint density at radius 1 is 0.727 bits per heavy atom. The number of rotatable bonds is 6. The minimum atomic E-state index is -2.19. The molecular weight excluding hydrogens is 736 g/mol. The molecule has 0 aliphatic rings. The molecule has 7 rings (SSSR count). The van der Waals surface area contributed by atoms with E-state index in [-0.39, 0.29) is 21.1 Å². The summed E-state index contributed by atoms with van der Waals surface area (Å²) in [7, 11) is -2.19. The first kappa shape index (κ1) is 30.2. The quantitative estimate of drug-likeness (QED) is 0.124. The Labute approximate surface area is 275 Å². The molecule has 0 aliphatic carbocycles. The number of aromatic nitrogens is 4. The fourth-order valence-corrected chi connectivity index (χ4v) is 8.43. The molecule has 7 aromatic rings. The summed E-state index contributed by atoms with van der Waals surface area (Å²) >= 11 is 0. The van der Waals surface area contributed by atoms with Crippen LogP contribution in [0, 0.1) is 12.1 Å². The van der Waals surface area contributed by atoms with Gasteiger partial charge in [-0.15, -0.1) is 17.5 Å². The van der Waals surface area contributed by atoms with Gasteiger partial charge in [0.2, 0.25) is 0 Å². The van der Waals surface area contributed by atoms with Gasteiger partial charge in [0.15, 0.2) is 17.4 Å². The molecule has 0 radical (unpaired) electrons. The zero-order chi connectivity index (χ0) is 29.9. The van der Waals surface area contributed by atoms with Gasteiger partial charge in [-0.05, 0) is 61.0 Å². The molecule has 3 heterocycles. The van der Waals surface area contributed by atoms with Crippen LogP contribution in [0.5, 0.6) is 0 Å². The fourth-order valence-electron chi connectivity index (χ4n) is 6.26. The SMILES string of the molecule is CC(C)c1ccnc(-n2c3[c-]c([Si](C)(C)c4[c-]c(-n5[cH+]n(C(C)C)c6ccccc65)ccc4)ccc3c3ccccc32)c1.[Pt]. The van der Waals surface area contributed by atoms with E-state index < -0.39 is 8.07 Å². The summed E-state index contributed by atoms with van der Waals surface area (Å²) in [5, 5.41) is 4.95. The zero-order valence-corrected chi connectivity index (χ0v) is 29.3. The van der Waals surface area contributed by atoms with Crippen LogP contribution in [0.2, 0.25) is 13.1 Å². The number of hydrogen-bond acceptors (Lipinski definition) is 1. The average Bonchev–Trinajstić information content (AvgIpc) is 3.57. The van der Waals surface area contributed by atoms with Crippen molar-refractivity contribution in [3.63, 3.8) is 0 Å². The van der Waals surface area contributed by atoms with Crippen molar-refractivity contribution in [2.45, 2.75) is 52.7 Å². The van der Waals surface area contributed by atoms with E-state index in [9.17, 15) is 0 Å². The Hall–Kier alpha value is -3.79. The molecule has 0 bridgehead atoms. The molecule has 3 aromatic heterocycles. The van der Waals surface area contributed by atoms with Gasteiger partial charge >= 0.3 is 0 Å². The molecular formula is C38H37N4PtSi-. The first-order chi connectivity index (χ1) is 20.7. The van der Waals surface area contributed by atoms with Crippen LogP contribution in [0.1, 0.15) is 45.2 Å². The third-order valence-corrected chi connectivity index (χ3v) is 12.1. The summed E-state index contributed by atoms with van der Waals surface area (Å²) in [6, 6.07) is 40.9. The van der Waals surface area contributed by atoms with Crippen molar-refractivity contribution in [3.8, 4) is 11.5 Å². The molecule has 0 saturated heterocycles. The van der Waals surface area contributed by atoms with Gasteiger partial charge in [-0.1, -0.05) is 50.7 Å². The molecule has 0 fully saturated rings. The summed E-state index contributed by atoms with van der Waals surface area (Å²) in [6.07, 6.45) is 4.15. The van der Waals surface area contributed by atoms with Gasteiger partial charge in [-0.2, -0.15) is 40.7 Å². The van der Waals surface area contributed by atoms with Crippen molar-refractivity contribution < 1.29 is 21.1 Å². The second-order valence-corrected chi connectivity index (χ2v) is 17.0. The Morgan fingerprint density at radius 2 is 1.43 bits per heavy atom. The van der Waals surface area contributed by atoms with Crippen molar-refractivity contribution in [1.29, 1.82) is 0 Å². The molecule has 4 aromatic carbocycles. The number of benzene rings is 4. The summed E-state index contributed by atoms with van der Waals surface area (Å²) in [5.74, 6) is 1.37. The van der Waals surface area contributed by atoms with Gasteiger partial charge in [0.25, 0.3) is 0 Å². The average molecular weight is 773 g/mol. The van der Waals surface area contributed by atoms with Crippen LogP contribution in [0.25, 0.3) is 44.3 Å². The van der Waals surface area contributed by atoms with Crippen molar-refractivity contribution in [3.05, 3.63) is 121 Å². The third kappa shape index (κ3) is 4.97. The maximum absolute atomic E-state index is 4.84. The van der Waals surface area contributed by atoms with Gasteiger partial charge in [0, 0.05) is 50.6 Å². The summed E-state index contributed by atoms with van der Waals surface area (Å²) in [6.45, 7) is 13.7. The maximum atomic E-state index is 4.84. The predicted molar refractivity (Wildman–Crippen MR) is 183 cm³/mol. The van der Waals surface area contributed by atoms with E-state index in [0.29, 0.717) is 12.0 Å². The van der Waals surface area contributed by atoms with Gasteiger partial charge in [-0.25, -0.2) is 14.1 Å². The standard InChI is InChI=1S/C38H37N4Si.Pt/c1-26(2)28-20-21-39-38(22-28)42-34-15-8-7-14-32(34)33-19-18-31(24-37(33)42)43(5,6)30-13-11-12-29(23-30)41-25-40(27(3)4)35-16-9-10-17-36(35)41;/h7-22,25-27H,1-6H3;/q-1;. The van der Waals surface area contributed by atoms with Crippen LogP contribution in [0.3, 0.4) is 0 Å². The smallest absolute Gasteiger partial charge is 0.188 e. The maximum Gasteiger partial charge on any atom is 0.188 e. The van der Waals surface area contributed by atoms with E-state index in [1.54, 1.807) is 0 Å². The molecule has 0 aliphatic heterocycles. The van der Waals surface area contributed by atoms with E-state index >= 15 is 0 Å². The Kier molecular flexibility index (Phi) is 7.98. The van der Waals surface area contributed by atoms with Gasteiger partial charge in [0.05, 0.1) is 14.1 Å². The summed E-state index contributed by atoms with van der Waals surface area (Å²) in [5.41, 5.74) is 7.01. The Bertz CT molecular complexity index is 2140. The molecule has 0 N–H and O–H groups in total. The van der Waals surface area contributed by atoms with Crippen LogP contribution < -0.4 is 10.4 Å². The largest absolute Gasteiger partial charge is 0.319 e. The van der Waals surface area contributed by atoms with Crippen molar-refractivity contribution in [2.75, 3.05) is 0 Å². The second-order valence-electron chi connectivity index (χ2n) is 12.6. The molecule has 4 nitrogen and oxygen atoms in total. The third-order valence-electron chi connectivity index (χ3n) is 8.85. The van der Waals surface area contributed by atoms with E-state index in [2.05, 4.69) is 164 Å². The van der Waals surface area contributed by atoms with Gasteiger partial charge in [-0.3, -0.25) is 0 Å². The predicted octanol–water partition coefficient (Wildman–Crippen LogP) is 8.33. The van der Waals surface area contributed by atoms with E-state index in [4.69, 9.17) is 4.98 Å². The zero-order valence-electron chi connectivity index (χ0n) is 26.1. The summed E-state index contributed by atoms with van der Waals surface area (Å²) < 4.78 is 6.91. The fraction of sp³-hybridized carbons (Fsp3) is 0.211. The van der Waals surface area contributed by atoms with Crippen molar-refractivity contribution >= 4 is 51.3 Å². The molecule has 0 unspecified atom stereocenters. The number of nitrogens with zero attached hydrogens (tertiary/aromatic N) is 4. The first-order valence-electron chi connectivity index (χ1n) is 15.2. The number of hydrogen-bond donors (Lipinski definition) is 0. The van der Waals surface area contributed by atoms with Crippen molar-refractivity contribution in [1.82, 2.24) is 18.7 Å². The van der Waals surface area contributed by atoms with Crippen LogP contribution in [-0.4, -0.2) is 26.8 Å². The minimum absolute atomic E-state index is 0. The molecule has 0 amide bonds. The normalized spacial score (nSPS) is 12.1. The Balaban J connectivity index is 0.00000343. The molecule has 224 valence electrons. The molecule has 6 heteroatoms.